The largest absolute Gasteiger partial charge is 1.00 e. The minimum absolute atomic E-state index is 0. The topological polar surface area (TPSA) is 47.6 Å². The van der Waals surface area contributed by atoms with Gasteiger partial charge in [-0.25, -0.2) is 0 Å². The maximum Gasteiger partial charge on any atom is 0.121 e. The molecule has 2 unspecified atom stereocenters. The van der Waals surface area contributed by atoms with Gasteiger partial charge < -0.3 is 36.3 Å². The van der Waals surface area contributed by atoms with Gasteiger partial charge in [0.2, 0.25) is 0 Å². The fraction of sp³-hybridized carbons (Fsp3) is 0.160. The van der Waals surface area contributed by atoms with Gasteiger partial charge in [0.05, 0.1) is 0 Å². The number of hydrogen-bond donors (Lipinski definition) is 0. The van der Waals surface area contributed by atoms with Gasteiger partial charge in [-0.05, 0) is 0 Å². The van der Waals surface area contributed by atoms with E-state index in [0.717, 1.165) is 31.9 Å². The van der Waals surface area contributed by atoms with E-state index in [1.54, 1.807) is 0 Å². The Morgan fingerprint density at radius 1 is 0.397 bits per heavy atom. The zero-order chi connectivity index (χ0) is 38.6. The standard InChI is InChI=1S/2C12H10Si.2C9H7.2C4H10N.2ClH.2Hf/c2*1-3-7-11(8-4-1)13-12-9-5-2-6-10-12;2*1-2-5-9-7-3-6-8(9)4-1;2*1-3-4(2)5;;;;/h2*1-10H;2*1-7H;2*4-5H,3H2,1-2H3;2*1H;;/q;;4*-1;;;;/p-2. The number of rotatable bonds is 6. The molecule has 0 saturated heterocycles. The molecule has 0 bridgehead atoms. The van der Waals surface area contributed by atoms with Crippen LogP contribution in [0.2, 0.25) is 0 Å². The van der Waals surface area contributed by atoms with Crippen LogP contribution in [0, 0.1) is 0 Å². The van der Waals surface area contributed by atoms with Crippen molar-refractivity contribution in [2.24, 2.45) is 0 Å². The average molecular weight is 1170 g/mol. The van der Waals surface area contributed by atoms with Gasteiger partial charge in [0.15, 0.2) is 0 Å². The van der Waals surface area contributed by atoms with Crippen molar-refractivity contribution in [2.75, 3.05) is 0 Å². The monoisotopic (exact) mass is 1170 g/mol. The third-order valence-corrected chi connectivity index (χ3v) is 10.5. The average Bonchev–Trinajstić information content (AvgIpc) is 3.91. The Morgan fingerprint density at radius 2 is 0.621 bits per heavy atom. The molecule has 58 heavy (non-hydrogen) atoms. The predicted octanol–water partition coefficient (Wildman–Crippen LogP) is 5.48. The van der Waals surface area contributed by atoms with Crippen molar-refractivity contribution in [2.45, 2.75) is 52.6 Å². The summed E-state index contributed by atoms with van der Waals surface area (Å²) in [5, 5.41) is 10.9. The molecule has 0 aliphatic rings. The van der Waals surface area contributed by atoms with Gasteiger partial charge in [-0.1, -0.05) is 195 Å². The number of nitrogens with one attached hydrogen (secondary N) is 2. The first-order chi connectivity index (χ1) is 26.4. The fourth-order valence-corrected chi connectivity index (χ4v) is 6.66. The molecule has 2 nitrogen and oxygen atoms in total. The van der Waals surface area contributed by atoms with Crippen molar-refractivity contribution in [3.63, 3.8) is 0 Å². The van der Waals surface area contributed by atoms with Crippen LogP contribution in [0.4, 0.5) is 0 Å². The summed E-state index contributed by atoms with van der Waals surface area (Å²) in [6, 6.07) is 71.9. The summed E-state index contributed by atoms with van der Waals surface area (Å²) in [6.45, 7) is 7.80. The zero-order valence-electron chi connectivity index (χ0n) is 34.0. The van der Waals surface area contributed by atoms with Gasteiger partial charge >= 0.3 is 0 Å². The third-order valence-electron chi connectivity index (χ3n) is 7.99. The van der Waals surface area contributed by atoms with E-state index in [9.17, 15) is 0 Å². The summed E-state index contributed by atoms with van der Waals surface area (Å²) in [7, 11) is 1.55. The van der Waals surface area contributed by atoms with E-state index in [1.807, 2.05) is 27.7 Å². The van der Waals surface area contributed by atoms with E-state index in [4.69, 9.17) is 11.5 Å². The second kappa shape index (κ2) is 36.1. The van der Waals surface area contributed by atoms with Crippen molar-refractivity contribution < 1.29 is 76.5 Å². The second-order valence-corrected chi connectivity index (χ2v) is 15.5. The Bertz CT molecular complexity index is 1770. The van der Waals surface area contributed by atoms with Crippen LogP contribution >= 0.6 is 0 Å². The number of hydrogen-bond acceptors (Lipinski definition) is 0. The summed E-state index contributed by atoms with van der Waals surface area (Å²) in [6.07, 6.45) is 1.94. The Morgan fingerprint density at radius 3 is 0.845 bits per heavy atom. The van der Waals surface area contributed by atoms with Crippen LogP contribution < -0.4 is 45.6 Å². The van der Waals surface area contributed by atoms with E-state index in [-0.39, 0.29) is 88.6 Å². The van der Waals surface area contributed by atoms with Gasteiger partial charge in [-0.3, -0.25) is 0 Å². The Labute approximate surface area is 404 Å². The SMILES string of the molecule is CCC(C)[NH-].CCC(C)[NH-].[Cl-].[Cl-].[Hf].[Hf].c1ccc([Si]c2ccccc2)cc1.c1ccc([Si]c2ccccc2)cc1.c1ccc2[cH-]ccc2c1.c1ccc2[cH-]ccc2c1. The number of halogens is 2. The van der Waals surface area contributed by atoms with Crippen LogP contribution in [0.1, 0.15) is 40.5 Å². The molecular weight excluding hydrogens is 1110 g/mol. The van der Waals surface area contributed by atoms with Crippen molar-refractivity contribution in [3.05, 3.63) is 218 Å². The van der Waals surface area contributed by atoms with Crippen molar-refractivity contribution in [1.82, 2.24) is 0 Å². The zero-order valence-corrected chi connectivity index (χ0v) is 44.7. The Kier molecular flexibility index (Phi) is 35.7. The van der Waals surface area contributed by atoms with Gasteiger partial charge in [-0.15, -0.1) is 71.4 Å². The molecule has 0 heterocycles. The molecule has 8 rings (SSSR count). The van der Waals surface area contributed by atoms with Crippen LogP contribution in [0.15, 0.2) is 206 Å². The Hall–Kier alpha value is -2.79. The van der Waals surface area contributed by atoms with Crippen LogP contribution in [0.3, 0.4) is 0 Å². The second-order valence-electron chi connectivity index (χ2n) is 12.6. The molecule has 8 heteroatoms. The number of fused-ring (bicyclic) bond motifs is 2. The van der Waals surface area contributed by atoms with Crippen LogP contribution in [0.5, 0.6) is 0 Å². The van der Waals surface area contributed by atoms with E-state index in [0.29, 0.717) is 0 Å². The van der Waals surface area contributed by atoms with Gasteiger partial charge in [-0.2, -0.15) is 35.0 Å². The molecular formula is C50H54Cl2Hf2N2Si2-6. The Balaban J connectivity index is 0. The predicted molar refractivity (Wildman–Crippen MR) is 243 cm³/mol. The molecule has 2 atom stereocenters. The first kappa shape index (κ1) is 57.3. The molecule has 8 aromatic rings. The summed E-state index contributed by atoms with van der Waals surface area (Å²) in [5.74, 6) is 0. The summed E-state index contributed by atoms with van der Waals surface area (Å²) in [5.41, 5.74) is 13.7. The summed E-state index contributed by atoms with van der Waals surface area (Å²) in [4.78, 5) is 0. The van der Waals surface area contributed by atoms with Crippen LogP contribution in [0.25, 0.3) is 33.0 Å². The van der Waals surface area contributed by atoms with Gasteiger partial charge in [0, 0.05) is 51.7 Å². The number of benzene rings is 6. The molecule has 0 saturated carbocycles. The van der Waals surface area contributed by atoms with Gasteiger partial charge in [0.1, 0.15) is 19.0 Å². The van der Waals surface area contributed by atoms with Crippen molar-refractivity contribution in [3.8, 4) is 0 Å². The molecule has 300 valence electrons. The quantitative estimate of drug-likeness (QED) is 0.157. The van der Waals surface area contributed by atoms with E-state index >= 15 is 0 Å². The maximum atomic E-state index is 6.83. The van der Waals surface area contributed by atoms with Gasteiger partial charge in [0.25, 0.3) is 0 Å². The van der Waals surface area contributed by atoms with E-state index in [1.165, 1.54) is 42.3 Å². The molecule has 4 radical (unpaired) electrons. The molecule has 0 aliphatic carbocycles. The molecule has 8 aromatic carbocycles. The first-order valence-corrected chi connectivity index (χ1v) is 20.7. The molecule has 0 aliphatic heterocycles. The summed E-state index contributed by atoms with van der Waals surface area (Å²) >= 11 is 0. The minimum Gasteiger partial charge on any atom is -1.00 e. The normalized spacial score (nSPS) is 10.2. The van der Waals surface area contributed by atoms with Crippen LogP contribution in [-0.2, 0) is 51.7 Å². The van der Waals surface area contributed by atoms with Crippen molar-refractivity contribution >= 4 is 61.3 Å². The first-order valence-electron chi connectivity index (χ1n) is 18.7. The molecule has 0 fully saturated rings. The van der Waals surface area contributed by atoms with Crippen LogP contribution in [-0.4, -0.2) is 31.1 Å². The molecule has 0 aromatic heterocycles. The van der Waals surface area contributed by atoms with E-state index < -0.39 is 0 Å². The maximum absolute atomic E-state index is 6.83. The molecule has 2 N–H and O–H groups in total. The summed E-state index contributed by atoms with van der Waals surface area (Å²) < 4.78 is 0. The smallest absolute Gasteiger partial charge is 0.121 e. The molecule has 0 amide bonds. The third kappa shape index (κ3) is 25.6. The van der Waals surface area contributed by atoms with Crippen molar-refractivity contribution in [1.29, 1.82) is 0 Å². The minimum atomic E-state index is 0. The molecule has 0 spiro atoms. The van der Waals surface area contributed by atoms with E-state index in [2.05, 4.69) is 206 Å². The fourth-order valence-electron chi connectivity index (χ4n) is 4.56.